The minimum absolute atomic E-state index is 0.0526. The van der Waals surface area contributed by atoms with E-state index in [9.17, 15) is 9.59 Å². The Bertz CT molecular complexity index is 1200. The van der Waals surface area contributed by atoms with Crippen molar-refractivity contribution >= 4 is 39.2 Å². The molecule has 3 heterocycles. The average molecular weight is 538 g/mol. The number of amides is 2. The monoisotopic (exact) mass is 537 g/mol. The number of hydrogen-bond acceptors (Lipinski definition) is 5. The molecular formula is C28H39N7O2S. The number of rotatable bonds is 6. The largest absolute Gasteiger partial charge is 0.370 e. The van der Waals surface area contributed by atoms with E-state index in [0.717, 1.165) is 29.8 Å². The molecule has 204 valence electrons. The summed E-state index contributed by atoms with van der Waals surface area (Å²) in [6.45, 7) is 1.05. The van der Waals surface area contributed by atoms with Crippen molar-refractivity contribution in [2.75, 3.05) is 26.2 Å². The fraction of sp³-hybridized carbons (Fsp3) is 0.500. The van der Waals surface area contributed by atoms with Gasteiger partial charge in [-0.2, -0.15) is 5.10 Å². The number of nitrogens with zero attached hydrogens (tertiary/aromatic N) is 3. The number of hydrogen-bond donors (Lipinski definition) is 4. The second-order valence-electron chi connectivity index (χ2n) is 10.0. The predicted molar refractivity (Wildman–Crippen MR) is 154 cm³/mol. The van der Waals surface area contributed by atoms with Crippen molar-refractivity contribution in [2.24, 2.45) is 16.5 Å². The Balaban J connectivity index is 0.000000417. The van der Waals surface area contributed by atoms with Crippen LogP contribution in [-0.2, 0) is 9.59 Å². The number of guanidine groups is 1. The molecule has 10 heteroatoms. The zero-order valence-corrected chi connectivity index (χ0v) is 22.8. The summed E-state index contributed by atoms with van der Waals surface area (Å²) in [5.41, 5.74) is 13.6. The van der Waals surface area contributed by atoms with Crippen molar-refractivity contribution in [1.29, 1.82) is 0 Å². The highest BCUT2D eigenvalue weighted by molar-refractivity contribution is 7.17. The molecule has 1 saturated heterocycles. The smallest absolute Gasteiger partial charge is 0.242 e. The van der Waals surface area contributed by atoms with Gasteiger partial charge in [-0.25, -0.2) is 4.99 Å². The summed E-state index contributed by atoms with van der Waals surface area (Å²) in [7, 11) is 0. The molecule has 1 aromatic carbocycles. The number of aliphatic imine (C=N–C) groups is 1. The summed E-state index contributed by atoms with van der Waals surface area (Å²) in [5, 5.41) is 13.6. The molecular weight excluding hydrogens is 498 g/mol. The Morgan fingerprint density at radius 2 is 1.71 bits per heavy atom. The van der Waals surface area contributed by atoms with Crippen LogP contribution in [0.1, 0.15) is 69.4 Å². The molecule has 2 amide bonds. The van der Waals surface area contributed by atoms with Crippen LogP contribution in [0.3, 0.4) is 0 Å². The Hall–Kier alpha value is -3.40. The summed E-state index contributed by atoms with van der Waals surface area (Å²) in [5.74, 6) is -0.321. The van der Waals surface area contributed by atoms with E-state index in [1.165, 1.54) is 55.0 Å². The van der Waals surface area contributed by atoms with E-state index >= 15 is 0 Å². The molecule has 0 bridgehead atoms. The zero-order chi connectivity index (χ0) is 26.7. The first kappa shape index (κ1) is 27.6. The molecule has 1 aliphatic heterocycles. The molecule has 0 spiro atoms. The first-order valence-electron chi connectivity index (χ1n) is 13.6. The highest BCUT2D eigenvalue weighted by Crippen LogP contribution is 2.35. The first-order valence-corrected chi connectivity index (χ1v) is 14.5. The van der Waals surface area contributed by atoms with Gasteiger partial charge in [-0.1, -0.05) is 63.1 Å². The number of carbonyl (C=O) groups is 2. The summed E-state index contributed by atoms with van der Waals surface area (Å²) in [6, 6.07) is 10.5. The normalized spacial score (nSPS) is 16.3. The standard InChI is InChI=1S/C21H25N7O2S.C7H14/c22-21(23)25-10-19(29)24-11-20(30)28-7-5-13(6-8-28)16-9-17(27-26-16)15-12-31-18-4-2-1-3-14(15)18;1-2-4-6-7-5-3-1/h1-4,9,12-13H,5-8,10-11H2,(H,24,29)(H,26,27)(H4,22,23,25);1-7H2. The summed E-state index contributed by atoms with van der Waals surface area (Å²) >= 11 is 1.72. The molecule has 0 atom stereocenters. The second-order valence-corrected chi connectivity index (χ2v) is 10.9. The molecule has 2 fully saturated rings. The van der Waals surface area contributed by atoms with Crippen LogP contribution in [0.15, 0.2) is 40.7 Å². The average Bonchev–Trinajstić information content (AvgIpc) is 3.49. The van der Waals surface area contributed by atoms with Gasteiger partial charge in [0, 0.05) is 45.7 Å². The Morgan fingerprint density at radius 3 is 2.37 bits per heavy atom. The van der Waals surface area contributed by atoms with Gasteiger partial charge in [0.15, 0.2) is 5.96 Å². The topological polar surface area (TPSA) is 142 Å². The number of nitrogens with one attached hydrogen (secondary N) is 2. The van der Waals surface area contributed by atoms with E-state index < -0.39 is 0 Å². The molecule has 5 rings (SSSR count). The molecule has 0 radical (unpaired) electrons. The van der Waals surface area contributed by atoms with Crippen LogP contribution in [0, 0.1) is 0 Å². The maximum atomic E-state index is 12.4. The summed E-state index contributed by atoms with van der Waals surface area (Å²) in [6.07, 6.45) is 12.2. The number of benzene rings is 1. The highest BCUT2D eigenvalue weighted by Gasteiger charge is 2.25. The van der Waals surface area contributed by atoms with E-state index in [4.69, 9.17) is 11.5 Å². The third-order valence-corrected chi connectivity index (χ3v) is 8.20. The number of carbonyl (C=O) groups excluding carboxylic acids is 2. The van der Waals surface area contributed by atoms with Gasteiger partial charge in [-0.15, -0.1) is 11.3 Å². The van der Waals surface area contributed by atoms with Gasteiger partial charge in [-0.3, -0.25) is 14.7 Å². The number of likely N-dealkylation sites (tertiary alicyclic amines) is 1. The maximum Gasteiger partial charge on any atom is 0.242 e. The van der Waals surface area contributed by atoms with Gasteiger partial charge < -0.3 is 21.7 Å². The molecule has 9 nitrogen and oxygen atoms in total. The maximum absolute atomic E-state index is 12.4. The SMILES string of the molecule is C1CCCCCC1.NC(N)=NCC(=O)NCC(=O)N1CCC(c2cc(-c3csc4ccccc34)n[nH]2)CC1. The van der Waals surface area contributed by atoms with Crippen LogP contribution in [0.2, 0.25) is 0 Å². The van der Waals surface area contributed by atoms with Crippen molar-refractivity contribution in [1.82, 2.24) is 20.4 Å². The van der Waals surface area contributed by atoms with E-state index in [2.05, 4.69) is 44.1 Å². The van der Waals surface area contributed by atoms with Crippen molar-refractivity contribution in [3.63, 3.8) is 0 Å². The van der Waals surface area contributed by atoms with Crippen LogP contribution >= 0.6 is 11.3 Å². The molecule has 1 aliphatic carbocycles. The van der Waals surface area contributed by atoms with Crippen LogP contribution in [0.5, 0.6) is 0 Å². The van der Waals surface area contributed by atoms with Crippen LogP contribution < -0.4 is 16.8 Å². The Labute approximate surface area is 228 Å². The highest BCUT2D eigenvalue weighted by atomic mass is 32.1. The van der Waals surface area contributed by atoms with Crippen molar-refractivity contribution in [3.8, 4) is 11.3 Å². The third kappa shape index (κ3) is 7.80. The molecule has 6 N–H and O–H groups in total. The van der Waals surface area contributed by atoms with Crippen molar-refractivity contribution in [2.45, 2.75) is 63.7 Å². The van der Waals surface area contributed by atoms with Gasteiger partial charge >= 0.3 is 0 Å². The molecule has 1 saturated carbocycles. The number of piperidine rings is 1. The molecule has 2 aliphatic rings. The Kier molecular flexibility index (Phi) is 10.1. The van der Waals surface area contributed by atoms with Crippen molar-refractivity contribution in [3.05, 3.63) is 41.4 Å². The third-order valence-electron chi connectivity index (χ3n) is 7.23. The predicted octanol–water partition coefficient (Wildman–Crippen LogP) is 4.12. The van der Waals surface area contributed by atoms with Gasteiger partial charge in [0.2, 0.25) is 11.8 Å². The van der Waals surface area contributed by atoms with Crippen molar-refractivity contribution < 1.29 is 9.59 Å². The Morgan fingerprint density at radius 1 is 1.05 bits per heavy atom. The number of aromatic nitrogens is 2. The number of nitrogens with two attached hydrogens (primary N) is 2. The van der Waals surface area contributed by atoms with E-state index in [-0.39, 0.29) is 30.9 Å². The molecule has 38 heavy (non-hydrogen) atoms. The number of H-pyrrole nitrogens is 1. The lowest BCUT2D eigenvalue weighted by Crippen LogP contribution is -2.44. The number of thiophene rings is 1. The van der Waals surface area contributed by atoms with Crippen LogP contribution in [0.25, 0.3) is 21.3 Å². The summed E-state index contributed by atoms with van der Waals surface area (Å²) < 4.78 is 1.25. The molecule has 0 unspecified atom stereocenters. The number of aromatic amines is 1. The summed E-state index contributed by atoms with van der Waals surface area (Å²) in [4.78, 5) is 29.4. The van der Waals surface area contributed by atoms with E-state index in [1.54, 1.807) is 16.2 Å². The van der Waals surface area contributed by atoms with Gasteiger partial charge in [-0.05, 0) is 25.0 Å². The van der Waals surface area contributed by atoms with E-state index in [0.29, 0.717) is 19.0 Å². The lowest BCUT2D eigenvalue weighted by molar-refractivity contribution is -0.133. The lowest BCUT2D eigenvalue weighted by Gasteiger charge is -2.31. The fourth-order valence-corrected chi connectivity index (χ4v) is 6.00. The number of fused-ring (bicyclic) bond motifs is 1. The fourth-order valence-electron chi connectivity index (χ4n) is 5.04. The lowest BCUT2D eigenvalue weighted by atomic mass is 9.93. The van der Waals surface area contributed by atoms with Gasteiger partial charge in [0.1, 0.15) is 6.54 Å². The second kappa shape index (κ2) is 13.9. The van der Waals surface area contributed by atoms with Gasteiger partial charge in [0.25, 0.3) is 0 Å². The quantitative estimate of drug-likeness (QED) is 0.213. The van der Waals surface area contributed by atoms with Crippen LogP contribution in [-0.4, -0.2) is 59.1 Å². The minimum Gasteiger partial charge on any atom is -0.370 e. The van der Waals surface area contributed by atoms with E-state index in [1.807, 2.05) is 12.1 Å². The van der Waals surface area contributed by atoms with Crippen LogP contribution in [0.4, 0.5) is 0 Å². The molecule has 2 aromatic heterocycles. The van der Waals surface area contributed by atoms with Gasteiger partial charge in [0.05, 0.1) is 12.2 Å². The zero-order valence-electron chi connectivity index (χ0n) is 22.0. The molecule has 3 aromatic rings. The first-order chi connectivity index (χ1) is 18.5. The minimum atomic E-state index is -0.387.